The zero-order chi connectivity index (χ0) is 5.82. The maximum absolute atomic E-state index is 4.87. The SMILES string of the molecule is CON1C=C[C+]=CC1. The van der Waals surface area contributed by atoms with Gasteiger partial charge in [-0.05, 0) is 0 Å². The van der Waals surface area contributed by atoms with Crippen molar-refractivity contribution in [1.29, 1.82) is 0 Å². The van der Waals surface area contributed by atoms with Crippen molar-refractivity contribution in [3.8, 4) is 0 Å². The van der Waals surface area contributed by atoms with Gasteiger partial charge in [-0.25, -0.2) is 0 Å². The predicted octanol–water partition coefficient (Wildman–Crippen LogP) is 0.736. The van der Waals surface area contributed by atoms with E-state index in [1.807, 2.05) is 18.4 Å². The zero-order valence-electron chi connectivity index (χ0n) is 4.79. The molecule has 0 aromatic heterocycles. The van der Waals surface area contributed by atoms with E-state index in [9.17, 15) is 0 Å². The van der Waals surface area contributed by atoms with E-state index in [4.69, 9.17) is 4.84 Å². The molecule has 0 atom stereocenters. The average molecular weight is 110 g/mol. The van der Waals surface area contributed by atoms with E-state index in [0.717, 1.165) is 6.54 Å². The molecule has 0 radical (unpaired) electrons. The molecule has 1 aliphatic heterocycles. The van der Waals surface area contributed by atoms with Crippen LogP contribution in [0.1, 0.15) is 0 Å². The van der Waals surface area contributed by atoms with Gasteiger partial charge < -0.3 is 0 Å². The van der Waals surface area contributed by atoms with Crippen LogP contribution < -0.4 is 0 Å². The van der Waals surface area contributed by atoms with Crippen molar-refractivity contribution in [3.63, 3.8) is 0 Å². The van der Waals surface area contributed by atoms with Crippen LogP contribution in [0.25, 0.3) is 0 Å². The highest BCUT2D eigenvalue weighted by molar-refractivity contribution is 5.00. The minimum absolute atomic E-state index is 0.799. The summed E-state index contributed by atoms with van der Waals surface area (Å²) < 4.78 is 0. The Morgan fingerprint density at radius 2 is 2.62 bits per heavy atom. The fourth-order valence-electron chi connectivity index (χ4n) is 0.533. The molecule has 0 spiro atoms. The molecule has 1 heterocycles. The normalized spacial score (nSPS) is 16.4. The highest BCUT2D eigenvalue weighted by atomic mass is 16.7. The van der Waals surface area contributed by atoms with Gasteiger partial charge >= 0.3 is 0 Å². The van der Waals surface area contributed by atoms with E-state index in [0.29, 0.717) is 0 Å². The number of allylic oxidation sites excluding steroid dienone is 2. The Morgan fingerprint density at radius 3 is 3.00 bits per heavy atom. The Kier molecular flexibility index (Phi) is 1.62. The van der Waals surface area contributed by atoms with Crippen LogP contribution in [0.4, 0.5) is 0 Å². The first kappa shape index (κ1) is 5.29. The second-order valence-electron chi connectivity index (χ2n) is 1.47. The monoisotopic (exact) mass is 110 g/mol. The number of rotatable bonds is 1. The topological polar surface area (TPSA) is 12.5 Å². The van der Waals surface area contributed by atoms with Crippen molar-refractivity contribution in [2.24, 2.45) is 0 Å². The first-order valence-electron chi connectivity index (χ1n) is 2.48. The summed E-state index contributed by atoms with van der Waals surface area (Å²) in [5, 5.41) is 1.72. The van der Waals surface area contributed by atoms with Gasteiger partial charge in [-0.15, -0.1) is 0 Å². The van der Waals surface area contributed by atoms with Crippen LogP contribution in [0.3, 0.4) is 0 Å². The van der Waals surface area contributed by atoms with Gasteiger partial charge in [-0.1, -0.05) is 0 Å². The highest BCUT2D eigenvalue weighted by Crippen LogP contribution is 1.95. The summed E-state index contributed by atoms with van der Waals surface area (Å²) in [6.07, 6.45) is 8.47. The fourth-order valence-corrected chi connectivity index (χ4v) is 0.533. The number of hydrogen-bond donors (Lipinski definition) is 0. The van der Waals surface area contributed by atoms with E-state index in [-0.39, 0.29) is 0 Å². The van der Waals surface area contributed by atoms with Crippen LogP contribution in [0.15, 0.2) is 18.4 Å². The predicted molar refractivity (Wildman–Crippen MR) is 30.7 cm³/mol. The second kappa shape index (κ2) is 2.46. The van der Waals surface area contributed by atoms with Gasteiger partial charge in [0.05, 0.1) is 19.3 Å². The summed E-state index contributed by atoms with van der Waals surface area (Å²) >= 11 is 0. The minimum Gasteiger partial charge on any atom is -0.259 e. The lowest BCUT2D eigenvalue weighted by Crippen LogP contribution is -2.16. The van der Waals surface area contributed by atoms with Gasteiger partial charge in [0.15, 0.2) is 12.3 Å². The van der Waals surface area contributed by atoms with Crippen LogP contribution >= 0.6 is 0 Å². The van der Waals surface area contributed by atoms with Gasteiger partial charge in [0.1, 0.15) is 6.54 Å². The molecule has 0 N–H and O–H groups in total. The van der Waals surface area contributed by atoms with Gasteiger partial charge in [0.2, 0.25) is 0 Å². The lowest BCUT2D eigenvalue weighted by Gasteiger charge is -2.08. The van der Waals surface area contributed by atoms with Crippen LogP contribution in [0.2, 0.25) is 0 Å². The summed E-state index contributed by atoms with van der Waals surface area (Å²) in [5.41, 5.74) is 0. The quantitative estimate of drug-likeness (QED) is 0.461. The van der Waals surface area contributed by atoms with Crippen molar-refractivity contribution >= 4 is 0 Å². The van der Waals surface area contributed by atoms with E-state index in [1.54, 1.807) is 12.2 Å². The van der Waals surface area contributed by atoms with Gasteiger partial charge in [0.25, 0.3) is 0 Å². The van der Waals surface area contributed by atoms with E-state index in [2.05, 4.69) is 6.08 Å². The molecule has 2 nitrogen and oxygen atoms in total. The molecule has 0 saturated carbocycles. The molecule has 1 rings (SSSR count). The molecule has 0 fully saturated rings. The standard InChI is InChI=1S/C6H8NO/c1-8-7-5-3-2-4-6-7/h3-5H,6H2,1H3/q+1. The molecule has 0 amide bonds. The van der Waals surface area contributed by atoms with Crippen LogP contribution in [0, 0.1) is 6.08 Å². The largest absolute Gasteiger partial charge is 0.259 e. The summed E-state index contributed by atoms with van der Waals surface area (Å²) in [5.74, 6) is 0. The summed E-state index contributed by atoms with van der Waals surface area (Å²) in [6.45, 7) is 0.799. The van der Waals surface area contributed by atoms with Gasteiger partial charge in [0, 0.05) is 0 Å². The Balaban J connectivity index is 2.40. The maximum Gasteiger partial charge on any atom is 0.179 e. The molecule has 0 aromatic carbocycles. The summed E-state index contributed by atoms with van der Waals surface area (Å²) in [6, 6.07) is 0. The molecule has 0 unspecified atom stereocenters. The van der Waals surface area contributed by atoms with E-state index < -0.39 is 0 Å². The maximum atomic E-state index is 4.87. The molecule has 8 heavy (non-hydrogen) atoms. The zero-order valence-corrected chi connectivity index (χ0v) is 4.79. The average Bonchev–Trinajstić information content (AvgIpc) is 1.90. The Bertz CT molecular complexity index is 118. The van der Waals surface area contributed by atoms with Crippen molar-refractivity contribution in [2.75, 3.05) is 13.7 Å². The van der Waals surface area contributed by atoms with Crippen LogP contribution in [-0.4, -0.2) is 18.7 Å². The van der Waals surface area contributed by atoms with Gasteiger partial charge in [-0.2, -0.15) is 5.06 Å². The minimum atomic E-state index is 0.799. The first-order chi connectivity index (χ1) is 3.93. The third kappa shape index (κ3) is 1.06. The van der Waals surface area contributed by atoms with Gasteiger partial charge in [-0.3, -0.25) is 4.84 Å². The first-order valence-corrected chi connectivity index (χ1v) is 2.48. The Labute approximate surface area is 49.0 Å². The molecule has 0 aliphatic carbocycles. The molecule has 1 aliphatic rings. The van der Waals surface area contributed by atoms with Crippen molar-refractivity contribution in [1.82, 2.24) is 5.06 Å². The van der Waals surface area contributed by atoms with Crippen LogP contribution in [0.5, 0.6) is 0 Å². The summed E-state index contributed by atoms with van der Waals surface area (Å²) in [4.78, 5) is 4.87. The molecule has 42 valence electrons. The highest BCUT2D eigenvalue weighted by Gasteiger charge is 2.02. The Hall–Kier alpha value is -0.850. The van der Waals surface area contributed by atoms with E-state index >= 15 is 0 Å². The number of hydrogen-bond acceptors (Lipinski definition) is 2. The van der Waals surface area contributed by atoms with Crippen molar-refractivity contribution < 1.29 is 4.84 Å². The van der Waals surface area contributed by atoms with Crippen molar-refractivity contribution in [2.45, 2.75) is 0 Å². The molecule has 0 aromatic rings. The lowest BCUT2D eigenvalue weighted by molar-refractivity contribution is -0.0792. The van der Waals surface area contributed by atoms with E-state index in [1.165, 1.54) is 0 Å². The molecule has 0 saturated heterocycles. The number of nitrogens with zero attached hydrogens (tertiary/aromatic N) is 1. The van der Waals surface area contributed by atoms with Crippen LogP contribution in [-0.2, 0) is 4.84 Å². The number of hydroxylamine groups is 2. The van der Waals surface area contributed by atoms with Crippen molar-refractivity contribution in [3.05, 3.63) is 24.4 Å². The summed E-state index contributed by atoms with van der Waals surface area (Å²) in [7, 11) is 1.64. The molecule has 2 heteroatoms. The lowest BCUT2D eigenvalue weighted by atomic mass is 10.4. The second-order valence-corrected chi connectivity index (χ2v) is 1.47. The molecular formula is C6H8NO+. The Morgan fingerprint density at radius 1 is 1.75 bits per heavy atom. The smallest absolute Gasteiger partial charge is 0.179 e. The molecular weight excluding hydrogens is 102 g/mol. The fraction of sp³-hybridized carbons (Fsp3) is 0.333. The third-order valence-corrected chi connectivity index (χ3v) is 0.961. The molecule has 0 bridgehead atoms. The third-order valence-electron chi connectivity index (χ3n) is 0.961.